The molecule has 0 bridgehead atoms. The zero-order chi connectivity index (χ0) is 18.6. The molecule has 7 heteroatoms. The largest absolute Gasteiger partial charge is 0.356 e. The van der Waals surface area contributed by atoms with Crippen molar-refractivity contribution in [2.45, 2.75) is 25.7 Å². The lowest BCUT2D eigenvalue weighted by atomic mass is 9.94. The van der Waals surface area contributed by atoms with Gasteiger partial charge < -0.3 is 10.2 Å². The predicted octanol–water partition coefficient (Wildman–Crippen LogP) is 3.21. The van der Waals surface area contributed by atoms with Gasteiger partial charge in [-0.1, -0.05) is 30.3 Å². The fourth-order valence-corrected chi connectivity index (χ4v) is 3.57. The number of amides is 1. The van der Waals surface area contributed by atoms with Gasteiger partial charge >= 0.3 is 0 Å². The van der Waals surface area contributed by atoms with Gasteiger partial charge in [0.2, 0.25) is 5.91 Å². The number of hydrogen-bond acceptors (Lipinski definition) is 5. The summed E-state index contributed by atoms with van der Waals surface area (Å²) in [5.74, 6) is 1.83. The van der Waals surface area contributed by atoms with E-state index in [1.807, 2.05) is 42.6 Å². The Morgan fingerprint density at radius 3 is 2.93 bits per heavy atom. The Kier molecular flexibility index (Phi) is 4.82. The molecule has 2 N–H and O–H groups in total. The van der Waals surface area contributed by atoms with Crippen molar-refractivity contribution >= 4 is 17.4 Å². The summed E-state index contributed by atoms with van der Waals surface area (Å²) in [6, 6.07) is 12.0. The number of H-pyrrole nitrogens is 1. The molecule has 1 saturated heterocycles. The number of rotatable bonds is 4. The maximum absolute atomic E-state index is 11.4. The molecule has 0 spiro atoms. The smallest absolute Gasteiger partial charge is 0.221 e. The van der Waals surface area contributed by atoms with Gasteiger partial charge in [-0.15, -0.1) is 0 Å². The molecular weight excluding hydrogens is 340 g/mol. The first-order valence-electron chi connectivity index (χ1n) is 9.15. The van der Waals surface area contributed by atoms with Crippen LogP contribution in [0, 0.1) is 0 Å². The van der Waals surface area contributed by atoms with Crippen molar-refractivity contribution in [1.82, 2.24) is 20.2 Å². The van der Waals surface area contributed by atoms with Gasteiger partial charge in [0, 0.05) is 37.7 Å². The van der Waals surface area contributed by atoms with Gasteiger partial charge in [0.1, 0.15) is 5.82 Å². The highest BCUT2D eigenvalue weighted by Crippen LogP contribution is 2.32. The molecule has 1 amide bonds. The number of anilines is 2. The maximum Gasteiger partial charge on any atom is 0.221 e. The third-order valence-electron chi connectivity index (χ3n) is 4.81. The monoisotopic (exact) mass is 362 g/mol. The molecule has 0 radical (unpaired) electrons. The molecule has 7 nitrogen and oxygen atoms in total. The normalized spacial score (nSPS) is 16.9. The molecule has 2 aromatic heterocycles. The van der Waals surface area contributed by atoms with Crippen molar-refractivity contribution in [3.63, 3.8) is 0 Å². The number of hydrogen-bond donors (Lipinski definition) is 2. The van der Waals surface area contributed by atoms with Crippen LogP contribution >= 0.6 is 0 Å². The second kappa shape index (κ2) is 7.57. The summed E-state index contributed by atoms with van der Waals surface area (Å²) in [4.78, 5) is 22.9. The second-order valence-electron chi connectivity index (χ2n) is 6.77. The molecule has 27 heavy (non-hydrogen) atoms. The zero-order valence-electron chi connectivity index (χ0n) is 15.2. The van der Waals surface area contributed by atoms with E-state index in [1.54, 1.807) is 6.20 Å². The lowest BCUT2D eigenvalue weighted by molar-refractivity contribution is -0.114. The summed E-state index contributed by atoms with van der Waals surface area (Å²) < 4.78 is 0. The van der Waals surface area contributed by atoms with Gasteiger partial charge in [-0.05, 0) is 18.9 Å². The summed E-state index contributed by atoms with van der Waals surface area (Å²) >= 11 is 0. The van der Waals surface area contributed by atoms with Gasteiger partial charge in [0.15, 0.2) is 5.82 Å². The van der Waals surface area contributed by atoms with E-state index in [9.17, 15) is 4.79 Å². The molecule has 3 aromatic rings. The Morgan fingerprint density at radius 1 is 1.26 bits per heavy atom. The molecule has 0 aliphatic carbocycles. The number of nitrogens with zero attached hydrogens (tertiary/aromatic N) is 4. The number of piperidine rings is 1. The molecule has 0 saturated carbocycles. The van der Waals surface area contributed by atoms with Crippen molar-refractivity contribution in [2.75, 3.05) is 23.3 Å². The molecule has 138 valence electrons. The van der Waals surface area contributed by atoms with E-state index in [2.05, 4.69) is 25.4 Å². The zero-order valence-corrected chi connectivity index (χ0v) is 15.2. The van der Waals surface area contributed by atoms with Gasteiger partial charge in [-0.2, -0.15) is 5.10 Å². The third-order valence-corrected chi connectivity index (χ3v) is 4.81. The Balaban J connectivity index is 1.56. The van der Waals surface area contributed by atoms with E-state index in [-0.39, 0.29) is 11.8 Å². The summed E-state index contributed by atoms with van der Waals surface area (Å²) in [5.41, 5.74) is 2.75. The number of carbonyl (C=O) groups excluding carboxylic acids is 1. The van der Waals surface area contributed by atoms with E-state index in [4.69, 9.17) is 4.98 Å². The quantitative estimate of drug-likeness (QED) is 0.744. The fourth-order valence-electron chi connectivity index (χ4n) is 3.57. The van der Waals surface area contributed by atoms with Crippen LogP contribution in [-0.4, -0.2) is 39.2 Å². The summed E-state index contributed by atoms with van der Waals surface area (Å²) in [7, 11) is 0. The molecular formula is C20H22N6O. The highest BCUT2D eigenvalue weighted by molar-refractivity contribution is 5.89. The van der Waals surface area contributed by atoms with E-state index in [0.29, 0.717) is 0 Å². The number of nitrogens with one attached hydrogen (secondary N) is 2. The standard InChI is InChI=1S/C20H22N6O/c1-14(27)23-17-12-22-25-19(17)16-8-5-11-26(13-16)18-9-10-21-20(24-18)15-6-3-2-4-7-15/h2-4,6-7,9-10,12,16H,5,8,11,13H2,1H3,(H,22,25)(H,23,27)/t16-/m0/s1. The molecule has 0 unspecified atom stereocenters. The number of aromatic amines is 1. The molecule has 3 heterocycles. The van der Waals surface area contributed by atoms with Crippen LogP contribution in [0.4, 0.5) is 11.5 Å². The van der Waals surface area contributed by atoms with Crippen LogP contribution in [0.15, 0.2) is 48.8 Å². The Labute approximate surface area is 157 Å². The van der Waals surface area contributed by atoms with E-state index < -0.39 is 0 Å². The Morgan fingerprint density at radius 2 is 2.11 bits per heavy atom. The first-order valence-corrected chi connectivity index (χ1v) is 9.15. The minimum Gasteiger partial charge on any atom is -0.356 e. The van der Waals surface area contributed by atoms with Gasteiger partial charge in [0.25, 0.3) is 0 Å². The van der Waals surface area contributed by atoms with Gasteiger partial charge in [-0.3, -0.25) is 9.89 Å². The number of carbonyl (C=O) groups is 1. The van der Waals surface area contributed by atoms with E-state index in [1.165, 1.54) is 6.92 Å². The number of aromatic nitrogens is 4. The van der Waals surface area contributed by atoms with Crippen LogP contribution in [-0.2, 0) is 4.79 Å². The van der Waals surface area contributed by atoms with Crippen molar-refractivity contribution in [1.29, 1.82) is 0 Å². The van der Waals surface area contributed by atoms with E-state index >= 15 is 0 Å². The van der Waals surface area contributed by atoms with Crippen molar-refractivity contribution in [2.24, 2.45) is 0 Å². The lowest BCUT2D eigenvalue weighted by Crippen LogP contribution is -2.35. The van der Waals surface area contributed by atoms with Crippen molar-refractivity contribution < 1.29 is 4.79 Å². The molecule has 1 atom stereocenters. The molecule has 1 fully saturated rings. The van der Waals surface area contributed by atoms with Crippen LogP contribution in [0.25, 0.3) is 11.4 Å². The van der Waals surface area contributed by atoms with Crippen molar-refractivity contribution in [3.05, 3.63) is 54.5 Å². The molecule has 4 rings (SSSR count). The second-order valence-corrected chi connectivity index (χ2v) is 6.77. The molecule has 1 aliphatic heterocycles. The van der Waals surface area contributed by atoms with Crippen LogP contribution in [0.1, 0.15) is 31.4 Å². The third kappa shape index (κ3) is 3.81. The van der Waals surface area contributed by atoms with Crippen LogP contribution < -0.4 is 10.2 Å². The van der Waals surface area contributed by atoms with Crippen LogP contribution in [0.2, 0.25) is 0 Å². The average Bonchev–Trinajstić information content (AvgIpc) is 3.16. The average molecular weight is 362 g/mol. The molecule has 1 aromatic carbocycles. The summed E-state index contributed by atoms with van der Waals surface area (Å²) in [6.45, 7) is 3.28. The highest BCUT2D eigenvalue weighted by atomic mass is 16.1. The predicted molar refractivity (Wildman–Crippen MR) is 105 cm³/mol. The minimum atomic E-state index is -0.0892. The van der Waals surface area contributed by atoms with Crippen molar-refractivity contribution in [3.8, 4) is 11.4 Å². The van der Waals surface area contributed by atoms with Crippen LogP contribution in [0.3, 0.4) is 0 Å². The first kappa shape index (κ1) is 17.2. The Hall–Kier alpha value is -3.22. The minimum absolute atomic E-state index is 0.0892. The topological polar surface area (TPSA) is 86.8 Å². The fraction of sp³-hybridized carbons (Fsp3) is 0.300. The Bertz CT molecular complexity index is 923. The van der Waals surface area contributed by atoms with Crippen LogP contribution in [0.5, 0.6) is 0 Å². The molecule has 1 aliphatic rings. The SMILES string of the molecule is CC(=O)Nc1cn[nH]c1[C@H]1CCCN(c2ccnc(-c3ccccc3)n2)C1. The van der Waals surface area contributed by atoms with Gasteiger partial charge in [0.05, 0.1) is 17.6 Å². The highest BCUT2D eigenvalue weighted by Gasteiger charge is 2.26. The van der Waals surface area contributed by atoms with Gasteiger partial charge in [-0.25, -0.2) is 9.97 Å². The maximum atomic E-state index is 11.4. The number of benzene rings is 1. The lowest BCUT2D eigenvalue weighted by Gasteiger charge is -2.33. The summed E-state index contributed by atoms with van der Waals surface area (Å²) in [6.07, 6.45) is 5.58. The van der Waals surface area contributed by atoms with E-state index in [0.717, 1.165) is 54.5 Å². The summed E-state index contributed by atoms with van der Waals surface area (Å²) in [5, 5.41) is 10.0. The first-order chi connectivity index (χ1) is 13.2.